The number of aromatic nitrogens is 1. The number of methoxy groups -OCH3 is 1. The summed E-state index contributed by atoms with van der Waals surface area (Å²) in [6.45, 7) is 1.18. The van der Waals surface area contributed by atoms with E-state index in [9.17, 15) is 10.1 Å². The van der Waals surface area contributed by atoms with E-state index in [4.69, 9.17) is 10.00 Å². The number of fused-ring (bicyclic) bond motifs is 1. The molecule has 7 nitrogen and oxygen atoms in total. The number of nitrogens with zero attached hydrogens (tertiary/aromatic N) is 4. The van der Waals surface area contributed by atoms with E-state index >= 15 is 0 Å². The van der Waals surface area contributed by atoms with Crippen LogP contribution in [0.1, 0.15) is 16.7 Å². The highest BCUT2D eigenvalue weighted by atomic mass is 16.6. The van der Waals surface area contributed by atoms with Crippen molar-refractivity contribution in [1.82, 2.24) is 4.98 Å². The van der Waals surface area contributed by atoms with Crippen molar-refractivity contribution in [2.45, 2.75) is 12.8 Å². The van der Waals surface area contributed by atoms with Crippen molar-refractivity contribution in [1.29, 1.82) is 5.26 Å². The molecule has 0 bridgehead atoms. The Morgan fingerprint density at radius 1 is 1.33 bits per heavy atom. The van der Waals surface area contributed by atoms with Crippen LogP contribution >= 0.6 is 0 Å². The van der Waals surface area contributed by atoms with Crippen LogP contribution in [0.25, 0.3) is 0 Å². The molecule has 2 heterocycles. The number of hydrogen-bond donors (Lipinski definition) is 0. The molecule has 0 amide bonds. The van der Waals surface area contributed by atoms with Crippen LogP contribution in [0.15, 0.2) is 30.5 Å². The van der Waals surface area contributed by atoms with Crippen LogP contribution in [0, 0.1) is 21.4 Å². The second-order valence-corrected chi connectivity index (χ2v) is 5.48. The minimum absolute atomic E-state index is 0.0318. The highest BCUT2D eigenvalue weighted by Gasteiger charge is 2.27. The monoisotopic (exact) mass is 324 g/mol. The number of ether oxygens (including phenoxy) is 1. The Balaban J connectivity index is 1.97. The highest BCUT2D eigenvalue weighted by Crippen LogP contribution is 2.32. The summed E-state index contributed by atoms with van der Waals surface area (Å²) in [4.78, 5) is 16.9. The van der Waals surface area contributed by atoms with Crippen molar-refractivity contribution < 1.29 is 9.66 Å². The van der Waals surface area contributed by atoms with Gasteiger partial charge in [-0.1, -0.05) is 12.1 Å². The summed E-state index contributed by atoms with van der Waals surface area (Å²) in [5.74, 6) is 1.09. The lowest BCUT2D eigenvalue weighted by molar-refractivity contribution is -0.384. The van der Waals surface area contributed by atoms with Crippen LogP contribution in [0.4, 0.5) is 11.5 Å². The molecule has 1 aliphatic rings. The smallest absolute Gasteiger partial charge is 0.329 e. The normalized spacial score (nSPS) is 13.6. The second kappa shape index (κ2) is 6.54. The van der Waals surface area contributed by atoms with Gasteiger partial charge in [0.05, 0.1) is 12.0 Å². The summed E-state index contributed by atoms with van der Waals surface area (Å²) in [6, 6.07) is 9.17. The van der Waals surface area contributed by atoms with E-state index in [2.05, 4.69) is 11.1 Å². The summed E-state index contributed by atoms with van der Waals surface area (Å²) >= 11 is 0. The molecule has 2 aromatic rings. The zero-order valence-corrected chi connectivity index (χ0v) is 13.2. The molecule has 1 aliphatic heterocycles. The molecule has 0 unspecified atom stereocenters. The number of rotatable bonds is 3. The first-order valence-corrected chi connectivity index (χ1v) is 7.59. The van der Waals surface area contributed by atoms with E-state index in [0.29, 0.717) is 19.5 Å². The molecule has 1 aromatic heterocycles. The maximum atomic E-state index is 11.4. The maximum absolute atomic E-state index is 11.4. The Morgan fingerprint density at radius 3 is 2.83 bits per heavy atom. The number of nitriles is 1. The van der Waals surface area contributed by atoms with Crippen LogP contribution in [0.5, 0.6) is 5.75 Å². The molecule has 122 valence electrons. The first kappa shape index (κ1) is 15.7. The molecule has 7 heteroatoms. The minimum Gasteiger partial charge on any atom is -0.496 e. The Kier molecular flexibility index (Phi) is 4.29. The number of anilines is 1. The largest absolute Gasteiger partial charge is 0.496 e. The number of pyridine rings is 1. The third kappa shape index (κ3) is 2.74. The van der Waals surface area contributed by atoms with Crippen molar-refractivity contribution in [2.24, 2.45) is 0 Å². The fraction of sp³-hybridized carbons (Fsp3) is 0.294. The van der Waals surface area contributed by atoms with Crippen LogP contribution in [-0.4, -0.2) is 30.1 Å². The molecule has 0 fully saturated rings. The van der Waals surface area contributed by atoms with Gasteiger partial charge in [-0.2, -0.15) is 5.26 Å². The van der Waals surface area contributed by atoms with E-state index in [1.807, 2.05) is 23.1 Å². The number of hydrogen-bond acceptors (Lipinski definition) is 6. The topological polar surface area (TPSA) is 92.3 Å². The van der Waals surface area contributed by atoms with Gasteiger partial charge in [0.25, 0.3) is 0 Å². The van der Waals surface area contributed by atoms with Gasteiger partial charge in [0, 0.05) is 19.3 Å². The molecule has 24 heavy (non-hydrogen) atoms. The lowest BCUT2D eigenvalue weighted by atomic mass is 10.0. The molecule has 0 N–H and O–H groups in total. The summed E-state index contributed by atoms with van der Waals surface area (Å²) < 4.78 is 5.42. The van der Waals surface area contributed by atoms with E-state index in [1.165, 1.54) is 17.8 Å². The summed E-state index contributed by atoms with van der Waals surface area (Å²) in [5, 5.41) is 20.6. The van der Waals surface area contributed by atoms with Crippen LogP contribution < -0.4 is 9.64 Å². The Labute approximate surface area is 139 Å². The second-order valence-electron chi connectivity index (χ2n) is 5.48. The quantitative estimate of drug-likeness (QED) is 0.636. The van der Waals surface area contributed by atoms with Crippen molar-refractivity contribution in [2.75, 3.05) is 25.1 Å². The molecule has 0 spiro atoms. The third-order valence-electron chi connectivity index (χ3n) is 4.24. The van der Waals surface area contributed by atoms with Crippen LogP contribution in [-0.2, 0) is 12.8 Å². The molecule has 0 saturated carbocycles. The molecule has 0 radical (unpaired) electrons. The van der Waals surface area contributed by atoms with Gasteiger partial charge >= 0.3 is 5.69 Å². The fourth-order valence-corrected chi connectivity index (χ4v) is 3.09. The molecule has 3 rings (SSSR count). The SMILES string of the molecule is COc1cccc2c1CCN(c1nccc(C#N)c1[N+](=O)[O-])CC2. The Morgan fingerprint density at radius 2 is 2.12 bits per heavy atom. The van der Waals surface area contributed by atoms with Crippen LogP contribution in [0.3, 0.4) is 0 Å². The zero-order valence-electron chi connectivity index (χ0n) is 13.2. The summed E-state index contributed by atoms with van der Waals surface area (Å²) in [5.41, 5.74) is 2.11. The summed E-state index contributed by atoms with van der Waals surface area (Å²) in [6.07, 6.45) is 2.89. The third-order valence-corrected chi connectivity index (χ3v) is 4.24. The lowest BCUT2D eigenvalue weighted by Gasteiger charge is -2.21. The molecular formula is C17H16N4O3. The first-order valence-electron chi connectivity index (χ1n) is 7.59. The summed E-state index contributed by atoms with van der Waals surface area (Å²) in [7, 11) is 1.64. The molecule has 0 aliphatic carbocycles. The van der Waals surface area contributed by atoms with Crippen molar-refractivity contribution in [3.63, 3.8) is 0 Å². The van der Waals surface area contributed by atoms with E-state index in [1.54, 1.807) is 7.11 Å². The number of nitro groups is 1. The Hall–Kier alpha value is -3.14. The van der Waals surface area contributed by atoms with Crippen molar-refractivity contribution in [3.8, 4) is 11.8 Å². The van der Waals surface area contributed by atoms with E-state index < -0.39 is 4.92 Å². The lowest BCUT2D eigenvalue weighted by Crippen LogP contribution is -2.28. The Bertz CT molecular complexity index is 829. The van der Waals surface area contributed by atoms with E-state index in [-0.39, 0.29) is 17.1 Å². The van der Waals surface area contributed by atoms with E-state index in [0.717, 1.165) is 17.7 Å². The zero-order chi connectivity index (χ0) is 17.1. The molecule has 0 saturated heterocycles. The van der Waals surface area contributed by atoms with Crippen LogP contribution in [0.2, 0.25) is 0 Å². The average Bonchev–Trinajstić information content (AvgIpc) is 2.83. The fourth-order valence-electron chi connectivity index (χ4n) is 3.09. The minimum atomic E-state index is -0.528. The molecule has 1 aromatic carbocycles. The van der Waals surface area contributed by atoms with Crippen molar-refractivity contribution in [3.05, 3.63) is 57.3 Å². The van der Waals surface area contributed by atoms with Gasteiger partial charge in [-0.15, -0.1) is 0 Å². The van der Waals surface area contributed by atoms with Gasteiger partial charge in [0.1, 0.15) is 17.4 Å². The molecule has 0 atom stereocenters. The first-order chi connectivity index (χ1) is 11.7. The highest BCUT2D eigenvalue weighted by molar-refractivity contribution is 5.65. The van der Waals surface area contributed by atoms with Gasteiger partial charge in [0.15, 0.2) is 0 Å². The molecular weight excluding hydrogens is 308 g/mol. The standard InChI is InChI=1S/C17H16N4O3/c1-24-15-4-2-3-12-6-9-20(10-7-14(12)15)17-16(21(22)23)13(11-18)5-8-19-17/h2-5,8H,6-7,9-10H2,1H3. The van der Waals surface area contributed by atoms with Crippen molar-refractivity contribution >= 4 is 11.5 Å². The van der Waals surface area contributed by atoms with Gasteiger partial charge < -0.3 is 9.64 Å². The maximum Gasteiger partial charge on any atom is 0.329 e. The van der Waals surface area contributed by atoms with Gasteiger partial charge in [-0.25, -0.2) is 4.98 Å². The van der Waals surface area contributed by atoms with Gasteiger partial charge in [-0.05, 0) is 36.1 Å². The van der Waals surface area contributed by atoms with Gasteiger partial charge in [0.2, 0.25) is 5.82 Å². The predicted molar refractivity (Wildman–Crippen MR) is 88.2 cm³/mol. The predicted octanol–water partition coefficient (Wildman–Crippen LogP) is 2.48. The number of benzene rings is 1. The average molecular weight is 324 g/mol. The van der Waals surface area contributed by atoms with Gasteiger partial charge in [-0.3, -0.25) is 10.1 Å².